The van der Waals surface area contributed by atoms with Gasteiger partial charge >= 0.3 is 0 Å². The van der Waals surface area contributed by atoms with Gasteiger partial charge in [-0.1, -0.05) is 0 Å². The number of hydrogen-bond donors (Lipinski definition) is 1. The number of nitrogens with zero attached hydrogens (tertiary/aromatic N) is 5. The zero-order valence-electron chi connectivity index (χ0n) is 20.8. The Labute approximate surface area is 201 Å². The number of aromatic nitrogens is 3. The molecular formula is C26H36N6O2. The molecule has 1 atom stereocenters. The van der Waals surface area contributed by atoms with Crippen LogP contribution in [0.3, 0.4) is 0 Å². The van der Waals surface area contributed by atoms with Crippen molar-refractivity contribution >= 4 is 28.4 Å². The summed E-state index contributed by atoms with van der Waals surface area (Å²) in [5.41, 5.74) is 4.19. The normalized spacial score (nSPS) is 19.3. The fourth-order valence-corrected chi connectivity index (χ4v) is 4.82. The molecule has 2 fully saturated rings. The second-order valence-corrected chi connectivity index (χ2v) is 9.79. The van der Waals surface area contributed by atoms with Gasteiger partial charge in [-0.3, -0.25) is 0 Å². The van der Waals surface area contributed by atoms with Gasteiger partial charge in [-0.15, -0.1) is 0 Å². The zero-order valence-corrected chi connectivity index (χ0v) is 20.8. The van der Waals surface area contributed by atoms with E-state index in [1.54, 1.807) is 0 Å². The van der Waals surface area contributed by atoms with E-state index in [1.165, 1.54) is 5.56 Å². The van der Waals surface area contributed by atoms with E-state index in [-0.39, 0.29) is 12.2 Å². The molecule has 0 amide bonds. The lowest BCUT2D eigenvalue weighted by atomic mass is 10.2. The van der Waals surface area contributed by atoms with Gasteiger partial charge in [-0.2, -0.15) is 4.98 Å². The van der Waals surface area contributed by atoms with Gasteiger partial charge in [0, 0.05) is 62.3 Å². The van der Waals surface area contributed by atoms with Crippen LogP contribution in [-0.4, -0.2) is 71.5 Å². The highest BCUT2D eigenvalue weighted by atomic mass is 16.5. The van der Waals surface area contributed by atoms with Gasteiger partial charge in [0.2, 0.25) is 5.95 Å². The number of hydrogen-bond acceptors (Lipinski definition) is 7. The number of nitrogens with one attached hydrogen (secondary N) is 1. The lowest BCUT2D eigenvalue weighted by molar-refractivity contribution is 0.0979. The Morgan fingerprint density at radius 2 is 2.03 bits per heavy atom. The van der Waals surface area contributed by atoms with Gasteiger partial charge < -0.3 is 29.2 Å². The van der Waals surface area contributed by atoms with Crippen molar-refractivity contribution in [3.8, 4) is 5.75 Å². The summed E-state index contributed by atoms with van der Waals surface area (Å²) >= 11 is 0. The van der Waals surface area contributed by atoms with E-state index in [9.17, 15) is 0 Å². The molecule has 2 saturated heterocycles. The maximum absolute atomic E-state index is 6.22. The largest absolute Gasteiger partial charge is 0.489 e. The molecule has 2 aliphatic rings. The van der Waals surface area contributed by atoms with E-state index in [4.69, 9.17) is 14.5 Å². The highest BCUT2D eigenvalue weighted by molar-refractivity contribution is 5.81. The molecule has 0 radical (unpaired) electrons. The molecule has 1 unspecified atom stereocenters. The molecule has 1 aromatic carbocycles. The van der Waals surface area contributed by atoms with Crippen LogP contribution in [0.25, 0.3) is 11.0 Å². The van der Waals surface area contributed by atoms with Crippen LogP contribution in [0.5, 0.6) is 5.75 Å². The number of rotatable bonds is 7. The van der Waals surface area contributed by atoms with Gasteiger partial charge in [0.1, 0.15) is 11.4 Å². The van der Waals surface area contributed by atoms with E-state index < -0.39 is 0 Å². The van der Waals surface area contributed by atoms with E-state index in [2.05, 4.69) is 76.9 Å². The summed E-state index contributed by atoms with van der Waals surface area (Å²) in [4.78, 5) is 14.2. The minimum absolute atomic E-state index is 0.0955. The average Bonchev–Trinajstić information content (AvgIpc) is 3.42. The van der Waals surface area contributed by atoms with Gasteiger partial charge in [-0.05, 0) is 58.4 Å². The van der Waals surface area contributed by atoms with Crippen molar-refractivity contribution in [1.29, 1.82) is 0 Å². The SMILES string of the molecule is Cc1cn(CC2CCCO2)c2nc(Nc3ccc(N4CCN(C)CC4)c(OC(C)C)c3)ncc12. The topological polar surface area (TPSA) is 67.7 Å². The molecular weight excluding hydrogens is 428 g/mol. The molecule has 2 aromatic heterocycles. The Bertz CT molecular complexity index is 1130. The monoisotopic (exact) mass is 464 g/mol. The fourth-order valence-electron chi connectivity index (χ4n) is 4.82. The highest BCUT2D eigenvalue weighted by Crippen LogP contribution is 2.34. The third-order valence-corrected chi connectivity index (χ3v) is 6.66. The summed E-state index contributed by atoms with van der Waals surface area (Å²) in [6.45, 7) is 12.0. The van der Waals surface area contributed by atoms with Crippen molar-refractivity contribution in [2.24, 2.45) is 0 Å². The minimum atomic E-state index is 0.0955. The number of anilines is 3. The van der Waals surface area contributed by atoms with E-state index in [0.717, 1.165) is 80.3 Å². The Hall–Kier alpha value is -2.84. The fraction of sp³-hybridized carbons (Fsp3) is 0.538. The number of aryl methyl sites for hydroxylation is 1. The van der Waals surface area contributed by atoms with Crippen molar-refractivity contribution in [3.05, 3.63) is 36.2 Å². The first kappa shape index (κ1) is 22.9. The van der Waals surface area contributed by atoms with Crippen molar-refractivity contribution in [2.45, 2.75) is 52.4 Å². The quantitative estimate of drug-likeness (QED) is 0.562. The smallest absolute Gasteiger partial charge is 0.229 e. The first-order chi connectivity index (χ1) is 16.5. The molecule has 0 spiro atoms. The number of piperazine rings is 1. The lowest BCUT2D eigenvalue weighted by Crippen LogP contribution is -2.44. The summed E-state index contributed by atoms with van der Waals surface area (Å²) in [5, 5.41) is 4.48. The molecule has 8 heteroatoms. The predicted octanol–water partition coefficient (Wildman–Crippen LogP) is 4.20. The van der Waals surface area contributed by atoms with Crippen molar-refractivity contribution in [2.75, 3.05) is 50.1 Å². The Balaban J connectivity index is 1.40. The van der Waals surface area contributed by atoms with Crippen LogP contribution in [0, 0.1) is 6.92 Å². The van der Waals surface area contributed by atoms with Crippen LogP contribution in [0.2, 0.25) is 0 Å². The second kappa shape index (κ2) is 9.80. The Kier molecular flexibility index (Phi) is 6.61. The Morgan fingerprint density at radius 3 is 2.76 bits per heavy atom. The molecule has 4 heterocycles. The minimum Gasteiger partial charge on any atom is -0.489 e. The summed E-state index contributed by atoms with van der Waals surface area (Å²) in [7, 11) is 2.17. The van der Waals surface area contributed by atoms with Gasteiger partial charge in [0.15, 0.2) is 0 Å². The molecule has 0 bridgehead atoms. The van der Waals surface area contributed by atoms with E-state index in [1.807, 2.05) is 6.20 Å². The summed E-state index contributed by atoms with van der Waals surface area (Å²) in [5.74, 6) is 1.48. The summed E-state index contributed by atoms with van der Waals surface area (Å²) in [6.07, 6.45) is 6.67. The number of fused-ring (bicyclic) bond motifs is 1. The van der Waals surface area contributed by atoms with Crippen LogP contribution in [0.1, 0.15) is 32.3 Å². The Morgan fingerprint density at radius 1 is 1.21 bits per heavy atom. The van der Waals surface area contributed by atoms with Crippen LogP contribution in [0.4, 0.5) is 17.3 Å². The molecule has 1 N–H and O–H groups in total. The summed E-state index contributed by atoms with van der Waals surface area (Å²) < 4.78 is 14.3. The molecule has 8 nitrogen and oxygen atoms in total. The van der Waals surface area contributed by atoms with Gasteiger partial charge in [0.05, 0.1) is 24.4 Å². The second-order valence-electron chi connectivity index (χ2n) is 9.79. The van der Waals surface area contributed by atoms with Crippen molar-refractivity contribution in [3.63, 3.8) is 0 Å². The molecule has 0 aliphatic carbocycles. The maximum Gasteiger partial charge on any atom is 0.229 e. The molecule has 3 aromatic rings. The van der Waals surface area contributed by atoms with Crippen molar-refractivity contribution in [1.82, 2.24) is 19.4 Å². The van der Waals surface area contributed by atoms with Gasteiger partial charge in [0.25, 0.3) is 0 Å². The number of likely N-dealkylation sites (N-methyl/N-ethyl adjacent to an activating group) is 1. The van der Waals surface area contributed by atoms with Crippen LogP contribution < -0.4 is 15.0 Å². The van der Waals surface area contributed by atoms with Crippen LogP contribution in [0.15, 0.2) is 30.6 Å². The number of ether oxygens (including phenoxy) is 2. The third-order valence-electron chi connectivity index (χ3n) is 6.66. The maximum atomic E-state index is 6.22. The van der Waals surface area contributed by atoms with E-state index >= 15 is 0 Å². The first-order valence-corrected chi connectivity index (χ1v) is 12.4. The van der Waals surface area contributed by atoms with Crippen LogP contribution in [-0.2, 0) is 11.3 Å². The van der Waals surface area contributed by atoms with Crippen molar-refractivity contribution < 1.29 is 9.47 Å². The van der Waals surface area contributed by atoms with Crippen LogP contribution >= 0.6 is 0 Å². The molecule has 34 heavy (non-hydrogen) atoms. The molecule has 0 saturated carbocycles. The predicted molar refractivity (Wildman–Crippen MR) is 136 cm³/mol. The highest BCUT2D eigenvalue weighted by Gasteiger charge is 2.20. The zero-order chi connectivity index (χ0) is 23.7. The average molecular weight is 465 g/mol. The van der Waals surface area contributed by atoms with E-state index in [0.29, 0.717) is 5.95 Å². The standard InChI is InChI=1S/C26H36N6O2/c1-18(2)34-24-14-20(7-8-23(24)31-11-9-30(4)10-12-31)28-26-27-15-22-19(3)16-32(25(22)29-26)17-21-6-5-13-33-21/h7-8,14-16,18,21H,5-6,9-13,17H2,1-4H3,(H,27,28,29). The van der Waals surface area contributed by atoms with Gasteiger partial charge in [-0.25, -0.2) is 4.98 Å². The lowest BCUT2D eigenvalue weighted by Gasteiger charge is -2.35. The third kappa shape index (κ3) is 4.98. The first-order valence-electron chi connectivity index (χ1n) is 12.4. The molecule has 5 rings (SSSR count). The summed E-state index contributed by atoms with van der Waals surface area (Å²) in [6, 6.07) is 6.30. The molecule has 182 valence electrons. The number of benzene rings is 1. The molecule has 2 aliphatic heterocycles.